The molecule has 2 rings (SSSR count). The van der Waals surface area contributed by atoms with E-state index in [0.717, 1.165) is 24.7 Å². The summed E-state index contributed by atoms with van der Waals surface area (Å²) in [6, 6.07) is 8.24. The fraction of sp³-hybridized carbons (Fsp3) is 0.438. The SMILES string of the molecule is CC(C)(C)c1ccccc1OCCNCc1ncc[nH]1. The molecule has 0 bridgehead atoms. The summed E-state index contributed by atoms with van der Waals surface area (Å²) in [4.78, 5) is 7.22. The molecule has 0 fully saturated rings. The quantitative estimate of drug-likeness (QED) is 0.796. The highest BCUT2D eigenvalue weighted by atomic mass is 16.5. The number of nitrogens with zero attached hydrogens (tertiary/aromatic N) is 1. The number of aromatic amines is 1. The topological polar surface area (TPSA) is 49.9 Å². The maximum Gasteiger partial charge on any atom is 0.123 e. The highest BCUT2D eigenvalue weighted by Gasteiger charge is 2.18. The van der Waals surface area contributed by atoms with Gasteiger partial charge in [-0.2, -0.15) is 0 Å². The molecule has 108 valence electrons. The molecular weight excluding hydrogens is 250 g/mol. The third kappa shape index (κ3) is 4.10. The van der Waals surface area contributed by atoms with Crippen LogP contribution in [0.1, 0.15) is 32.2 Å². The Morgan fingerprint density at radius 2 is 2.05 bits per heavy atom. The monoisotopic (exact) mass is 273 g/mol. The molecule has 0 saturated heterocycles. The number of nitrogens with one attached hydrogen (secondary N) is 2. The van der Waals surface area contributed by atoms with E-state index in [2.05, 4.69) is 48.2 Å². The molecular formula is C16H23N3O. The van der Waals surface area contributed by atoms with Crippen molar-refractivity contribution in [3.05, 3.63) is 48.0 Å². The van der Waals surface area contributed by atoms with Gasteiger partial charge < -0.3 is 15.0 Å². The van der Waals surface area contributed by atoms with Crippen molar-refractivity contribution in [1.29, 1.82) is 0 Å². The van der Waals surface area contributed by atoms with Crippen LogP contribution in [0.25, 0.3) is 0 Å². The van der Waals surface area contributed by atoms with Crippen molar-refractivity contribution in [2.24, 2.45) is 0 Å². The van der Waals surface area contributed by atoms with Gasteiger partial charge in [-0.1, -0.05) is 39.0 Å². The van der Waals surface area contributed by atoms with Gasteiger partial charge in [0.05, 0.1) is 6.54 Å². The van der Waals surface area contributed by atoms with Gasteiger partial charge in [-0.15, -0.1) is 0 Å². The van der Waals surface area contributed by atoms with Gasteiger partial charge in [-0.05, 0) is 17.0 Å². The van der Waals surface area contributed by atoms with Crippen molar-refractivity contribution in [1.82, 2.24) is 15.3 Å². The lowest BCUT2D eigenvalue weighted by molar-refractivity contribution is 0.305. The Morgan fingerprint density at radius 1 is 1.25 bits per heavy atom. The Balaban J connectivity index is 1.79. The summed E-state index contributed by atoms with van der Waals surface area (Å²) >= 11 is 0. The van der Waals surface area contributed by atoms with Crippen LogP contribution in [0.15, 0.2) is 36.7 Å². The van der Waals surface area contributed by atoms with Crippen LogP contribution in [-0.4, -0.2) is 23.1 Å². The minimum Gasteiger partial charge on any atom is -0.492 e. The van der Waals surface area contributed by atoms with Crippen LogP contribution < -0.4 is 10.1 Å². The summed E-state index contributed by atoms with van der Waals surface area (Å²) in [6.07, 6.45) is 3.58. The lowest BCUT2D eigenvalue weighted by atomic mass is 9.86. The molecule has 2 N–H and O–H groups in total. The van der Waals surface area contributed by atoms with E-state index >= 15 is 0 Å². The van der Waals surface area contributed by atoms with Crippen LogP contribution in [0.2, 0.25) is 0 Å². The molecule has 2 aromatic rings. The largest absolute Gasteiger partial charge is 0.492 e. The minimum absolute atomic E-state index is 0.0954. The summed E-state index contributed by atoms with van der Waals surface area (Å²) in [7, 11) is 0. The zero-order valence-corrected chi connectivity index (χ0v) is 12.4. The average molecular weight is 273 g/mol. The molecule has 0 aliphatic carbocycles. The van der Waals surface area contributed by atoms with E-state index in [0.29, 0.717) is 6.61 Å². The first-order valence-corrected chi connectivity index (χ1v) is 6.98. The number of aromatic nitrogens is 2. The van der Waals surface area contributed by atoms with Crippen molar-refractivity contribution in [2.75, 3.05) is 13.2 Å². The van der Waals surface area contributed by atoms with E-state index in [1.807, 2.05) is 18.3 Å². The second kappa shape index (κ2) is 6.57. The maximum absolute atomic E-state index is 5.89. The molecule has 0 amide bonds. The number of benzene rings is 1. The number of rotatable bonds is 6. The van der Waals surface area contributed by atoms with E-state index in [9.17, 15) is 0 Å². The first-order valence-electron chi connectivity index (χ1n) is 6.98. The molecule has 0 aliphatic rings. The molecule has 0 radical (unpaired) electrons. The Kier molecular flexibility index (Phi) is 4.79. The van der Waals surface area contributed by atoms with Crippen LogP contribution in [0.3, 0.4) is 0 Å². The summed E-state index contributed by atoms with van der Waals surface area (Å²) in [5.41, 5.74) is 1.34. The Morgan fingerprint density at radius 3 is 2.75 bits per heavy atom. The van der Waals surface area contributed by atoms with Gasteiger partial charge in [0.2, 0.25) is 0 Å². The predicted molar refractivity (Wildman–Crippen MR) is 80.9 cm³/mol. The second-order valence-corrected chi connectivity index (χ2v) is 5.81. The lowest BCUT2D eigenvalue weighted by Gasteiger charge is -2.22. The van der Waals surface area contributed by atoms with Crippen molar-refractivity contribution < 1.29 is 4.74 Å². The van der Waals surface area contributed by atoms with Gasteiger partial charge in [0.25, 0.3) is 0 Å². The zero-order chi connectivity index (χ0) is 14.4. The minimum atomic E-state index is 0.0954. The molecule has 0 aliphatic heterocycles. The molecule has 0 atom stereocenters. The summed E-state index contributed by atoms with van der Waals surface area (Å²) < 4.78 is 5.89. The molecule has 0 spiro atoms. The normalized spacial score (nSPS) is 11.6. The first kappa shape index (κ1) is 14.6. The van der Waals surface area contributed by atoms with Crippen LogP contribution in [-0.2, 0) is 12.0 Å². The Labute approximate surface area is 120 Å². The molecule has 0 saturated carbocycles. The van der Waals surface area contributed by atoms with Crippen molar-refractivity contribution in [3.8, 4) is 5.75 Å². The van der Waals surface area contributed by atoms with Crippen LogP contribution in [0.5, 0.6) is 5.75 Å². The Bertz CT molecular complexity index is 515. The van der Waals surface area contributed by atoms with Crippen molar-refractivity contribution >= 4 is 0 Å². The molecule has 0 unspecified atom stereocenters. The van der Waals surface area contributed by atoms with E-state index in [1.54, 1.807) is 6.20 Å². The molecule has 4 heteroatoms. The van der Waals surface area contributed by atoms with E-state index < -0.39 is 0 Å². The highest BCUT2D eigenvalue weighted by molar-refractivity contribution is 5.38. The third-order valence-electron chi connectivity index (χ3n) is 3.08. The number of H-pyrrole nitrogens is 1. The zero-order valence-electron chi connectivity index (χ0n) is 12.4. The first-order chi connectivity index (χ1) is 9.57. The number of hydrogen-bond acceptors (Lipinski definition) is 3. The summed E-state index contributed by atoms with van der Waals surface area (Å²) in [5, 5.41) is 3.30. The van der Waals surface area contributed by atoms with Gasteiger partial charge in [0.15, 0.2) is 0 Å². The number of hydrogen-bond donors (Lipinski definition) is 2. The van der Waals surface area contributed by atoms with Crippen LogP contribution in [0.4, 0.5) is 0 Å². The molecule has 1 aromatic heterocycles. The molecule has 4 nitrogen and oxygen atoms in total. The maximum atomic E-state index is 5.89. The van der Waals surface area contributed by atoms with Crippen molar-refractivity contribution in [2.45, 2.75) is 32.7 Å². The van der Waals surface area contributed by atoms with Gasteiger partial charge in [0.1, 0.15) is 18.2 Å². The second-order valence-electron chi connectivity index (χ2n) is 5.81. The highest BCUT2D eigenvalue weighted by Crippen LogP contribution is 2.30. The number of ether oxygens (including phenoxy) is 1. The number of imidazole rings is 1. The average Bonchev–Trinajstić information content (AvgIpc) is 2.91. The van der Waals surface area contributed by atoms with Gasteiger partial charge >= 0.3 is 0 Å². The van der Waals surface area contributed by atoms with Crippen LogP contribution >= 0.6 is 0 Å². The third-order valence-corrected chi connectivity index (χ3v) is 3.08. The fourth-order valence-electron chi connectivity index (χ4n) is 2.05. The van der Waals surface area contributed by atoms with E-state index in [4.69, 9.17) is 4.74 Å². The molecule has 20 heavy (non-hydrogen) atoms. The predicted octanol–water partition coefficient (Wildman–Crippen LogP) is 2.88. The standard InChI is InChI=1S/C16H23N3O/c1-16(2,3)13-6-4-5-7-14(13)20-11-10-17-12-15-18-8-9-19-15/h4-9,17H,10-12H2,1-3H3,(H,18,19). The van der Waals surface area contributed by atoms with Gasteiger partial charge in [0, 0.05) is 18.9 Å². The smallest absolute Gasteiger partial charge is 0.123 e. The summed E-state index contributed by atoms with van der Waals surface area (Å²) in [5.74, 6) is 1.92. The van der Waals surface area contributed by atoms with E-state index in [-0.39, 0.29) is 5.41 Å². The Hall–Kier alpha value is -1.81. The fourth-order valence-corrected chi connectivity index (χ4v) is 2.05. The van der Waals surface area contributed by atoms with Crippen LogP contribution in [0, 0.1) is 0 Å². The summed E-state index contributed by atoms with van der Waals surface area (Å²) in [6.45, 7) is 8.77. The van der Waals surface area contributed by atoms with Gasteiger partial charge in [-0.3, -0.25) is 0 Å². The number of para-hydroxylation sites is 1. The van der Waals surface area contributed by atoms with Crippen molar-refractivity contribution in [3.63, 3.8) is 0 Å². The van der Waals surface area contributed by atoms with Gasteiger partial charge in [-0.25, -0.2) is 4.98 Å². The molecule has 1 aromatic carbocycles. The molecule has 1 heterocycles. The van der Waals surface area contributed by atoms with E-state index in [1.165, 1.54) is 5.56 Å². The lowest BCUT2D eigenvalue weighted by Crippen LogP contribution is -2.22.